The molecular weight excluding hydrogens is 298 g/mol. The molecule has 1 aromatic heterocycles. The van der Waals surface area contributed by atoms with Gasteiger partial charge in [0.2, 0.25) is 10.0 Å². The van der Waals surface area contributed by atoms with Crippen LogP contribution in [0.2, 0.25) is 0 Å². The van der Waals surface area contributed by atoms with Crippen molar-refractivity contribution in [1.29, 1.82) is 0 Å². The summed E-state index contributed by atoms with van der Waals surface area (Å²) in [6.07, 6.45) is 4.57. The molecule has 1 aromatic rings. The molecule has 0 amide bonds. The van der Waals surface area contributed by atoms with Crippen LogP contribution >= 0.6 is 11.3 Å². The zero-order valence-electron chi connectivity index (χ0n) is 11.3. The lowest BCUT2D eigenvalue weighted by atomic mass is 9.81. The Morgan fingerprint density at radius 3 is 2.70 bits per heavy atom. The van der Waals surface area contributed by atoms with E-state index in [0.717, 1.165) is 30.6 Å². The Balaban J connectivity index is 2.01. The van der Waals surface area contributed by atoms with E-state index in [0.29, 0.717) is 18.4 Å². The molecule has 0 aliphatic heterocycles. The van der Waals surface area contributed by atoms with Crippen molar-refractivity contribution in [3.05, 3.63) is 17.0 Å². The van der Waals surface area contributed by atoms with E-state index < -0.39 is 16.0 Å². The van der Waals surface area contributed by atoms with Crippen molar-refractivity contribution in [1.82, 2.24) is 4.72 Å². The van der Waals surface area contributed by atoms with E-state index in [-0.39, 0.29) is 9.09 Å². The molecule has 0 saturated heterocycles. The Bertz CT molecular complexity index is 579. The molecule has 1 heterocycles. The van der Waals surface area contributed by atoms with Crippen molar-refractivity contribution in [3.8, 4) is 0 Å². The minimum atomic E-state index is -3.59. The molecule has 0 bridgehead atoms. The van der Waals surface area contributed by atoms with E-state index in [1.165, 1.54) is 18.6 Å². The third kappa shape index (κ3) is 3.59. The maximum absolute atomic E-state index is 12.1. The summed E-state index contributed by atoms with van der Waals surface area (Å²) in [4.78, 5) is 10.8. The highest BCUT2D eigenvalue weighted by molar-refractivity contribution is 7.91. The molecule has 2 unspecified atom stereocenters. The number of sulfonamides is 1. The molecule has 1 aliphatic carbocycles. The van der Waals surface area contributed by atoms with E-state index in [2.05, 4.69) is 11.6 Å². The first-order valence-corrected chi connectivity index (χ1v) is 9.03. The average molecular weight is 317 g/mol. The van der Waals surface area contributed by atoms with Gasteiger partial charge in [-0.2, -0.15) is 0 Å². The van der Waals surface area contributed by atoms with Crippen LogP contribution < -0.4 is 4.72 Å². The second-order valence-electron chi connectivity index (χ2n) is 5.30. The summed E-state index contributed by atoms with van der Waals surface area (Å²) in [6, 6.07) is 2.67. The van der Waals surface area contributed by atoms with Crippen molar-refractivity contribution < 1.29 is 18.3 Å². The molecular formula is C13H19NO4S2. The monoisotopic (exact) mass is 317 g/mol. The zero-order valence-corrected chi connectivity index (χ0v) is 13.0. The third-order valence-electron chi connectivity index (χ3n) is 3.88. The summed E-state index contributed by atoms with van der Waals surface area (Å²) in [7, 11) is -3.59. The van der Waals surface area contributed by atoms with Crippen LogP contribution in [0.3, 0.4) is 0 Å². The number of thiophene rings is 1. The predicted octanol–water partition coefficient (Wildman–Crippen LogP) is 2.55. The molecule has 1 aliphatic rings. The van der Waals surface area contributed by atoms with Gasteiger partial charge in [0.15, 0.2) is 0 Å². The van der Waals surface area contributed by atoms with Crippen LogP contribution in [0.4, 0.5) is 0 Å². The molecule has 0 aromatic carbocycles. The SMILES string of the molecule is CC1CCCCC1CNS(=O)(=O)c1ccc(C(=O)O)s1. The normalized spacial score (nSPS) is 23.6. The zero-order chi connectivity index (χ0) is 14.8. The van der Waals surface area contributed by atoms with Crippen molar-refractivity contribution in [2.24, 2.45) is 11.8 Å². The molecule has 5 nitrogen and oxygen atoms in total. The Labute approximate surface area is 123 Å². The first-order valence-electron chi connectivity index (χ1n) is 6.73. The van der Waals surface area contributed by atoms with E-state index >= 15 is 0 Å². The van der Waals surface area contributed by atoms with E-state index in [4.69, 9.17) is 5.11 Å². The second-order valence-corrected chi connectivity index (χ2v) is 8.38. The first kappa shape index (κ1) is 15.5. The maximum atomic E-state index is 12.1. The van der Waals surface area contributed by atoms with Gasteiger partial charge in [-0.05, 0) is 30.4 Å². The number of carboxylic acid groups (broad SMARTS) is 1. The molecule has 20 heavy (non-hydrogen) atoms. The minimum absolute atomic E-state index is 0.0383. The summed E-state index contributed by atoms with van der Waals surface area (Å²) in [5.74, 6) is -0.195. The number of nitrogens with one attached hydrogen (secondary N) is 1. The lowest BCUT2D eigenvalue weighted by Crippen LogP contribution is -2.33. The molecule has 2 atom stereocenters. The highest BCUT2D eigenvalue weighted by atomic mass is 32.2. The molecule has 7 heteroatoms. The second kappa shape index (κ2) is 6.24. The smallest absolute Gasteiger partial charge is 0.345 e. The van der Waals surface area contributed by atoms with Crippen molar-refractivity contribution in [3.63, 3.8) is 0 Å². The van der Waals surface area contributed by atoms with Crippen LogP contribution in [0.1, 0.15) is 42.3 Å². The van der Waals surface area contributed by atoms with Gasteiger partial charge in [0.05, 0.1) is 0 Å². The van der Waals surface area contributed by atoms with Gasteiger partial charge in [-0.25, -0.2) is 17.9 Å². The van der Waals surface area contributed by atoms with Gasteiger partial charge >= 0.3 is 5.97 Å². The van der Waals surface area contributed by atoms with Gasteiger partial charge in [-0.3, -0.25) is 0 Å². The lowest BCUT2D eigenvalue weighted by Gasteiger charge is -2.28. The van der Waals surface area contributed by atoms with Gasteiger partial charge in [0, 0.05) is 6.54 Å². The van der Waals surface area contributed by atoms with Crippen LogP contribution in [-0.4, -0.2) is 26.0 Å². The van der Waals surface area contributed by atoms with Gasteiger partial charge < -0.3 is 5.11 Å². The summed E-state index contributed by atoms with van der Waals surface area (Å²) in [5.41, 5.74) is 0. The molecule has 2 rings (SSSR count). The molecule has 1 fully saturated rings. The fourth-order valence-corrected chi connectivity index (χ4v) is 4.85. The highest BCUT2D eigenvalue weighted by Crippen LogP contribution is 2.29. The van der Waals surface area contributed by atoms with Crippen molar-refractivity contribution >= 4 is 27.3 Å². The topological polar surface area (TPSA) is 83.5 Å². The Hall–Kier alpha value is -0.920. The van der Waals surface area contributed by atoms with Crippen molar-refractivity contribution in [2.45, 2.75) is 36.8 Å². The largest absolute Gasteiger partial charge is 0.477 e. The number of rotatable bonds is 5. The number of hydrogen-bond donors (Lipinski definition) is 2. The van der Waals surface area contributed by atoms with Crippen LogP contribution in [0.5, 0.6) is 0 Å². The standard InChI is InChI=1S/C13H19NO4S2/c1-9-4-2-3-5-10(9)8-14-20(17,18)12-7-6-11(19-12)13(15)16/h6-7,9-10,14H,2-5,8H2,1H3,(H,15,16). The Morgan fingerprint density at radius 2 is 2.10 bits per heavy atom. The molecule has 112 valence electrons. The van der Waals surface area contributed by atoms with Gasteiger partial charge in [0.25, 0.3) is 0 Å². The molecule has 0 spiro atoms. The minimum Gasteiger partial charge on any atom is -0.477 e. The first-order chi connectivity index (χ1) is 9.40. The summed E-state index contributed by atoms with van der Waals surface area (Å²) in [6.45, 7) is 2.59. The number of carboxylic acids is 1. The van der Waals surface area contributed by atoms with E-state index in [9.17, 15) is 13.2 Å². The average Bonchev–Trinajstić information content (AvgIpc) is 2.88. The molecule has 2 N–H and O–H groups in total. The van der Waals surface area contributed by atoms with Crippen LogP contribution in [-0.2, 0) is 10.0 Å². The molecule has 0 radical (unpaired) electrons. The number of carbonyl (C=O) groups is 1. The fraction of sp³-hybridized carbons (Fsp3) is 0.615. The van der Waals surface area contributed by atoms with Crippen LogP contribution in [0.25, 0.3) is 0 Å². The van der Waals surface area contributed by atoms with E-state index in [1.807, 2.05) is 0 Å². The Kier molecular flexibility index (Phi) is 4.82. The third-order valence-corrected chi connectivity index (χ3v) is 6.87. The summed E-state index contributed by atoms with van der Waals surface area (Å²) >= 11 is 0.785. The molecule has 1 saturated carbocycles. The predicted molar refractivity (Wildman–Crippen MR) is 77.6 cm³/mol. The van der Waals surface area contributed by atoms with E-state index in [1.54, 1.807) is 0 Å². The number of aromatic carboxylic acids is 1. The van der Waals surface area contributed by atoms with Crippen LogP contribution in [0.15, 0.2) is 16.3 Å². The van der Waals surface area contributed by atoms with Crippen LogP contribution in [0, 0.1) is 11.8 Å². The van der Waals surface area contributed by atoms with Gasteiger partial charge in [0.1, 0.15) is 9.09 Å². The highest BCUT2D eigenvalue weighted by Gasteiger charge is 2.24. The number of hydrogen-bond acceptors (Lipinski definition) is 4. The maximum Gasteiger partial charge on any atom is 0.345 e. The van der Waals surface area contributed by atoms with Gasteiger partial charge in [-0.1, -0.05) is 26.2 Å². The summed E-state index contributed by atoms with van der Waals surface area (Å²) in [5, 5.41) is 8.83. The van der Waals surface area contributed by atoms with Crippen molar-refractivity contribution in [2.75, 3.05) is 6.54 Å². The fourth-order valence-electron chi connectivity index (χ4n) is 2.56. The van der Waals surface area contributed by atoms with Gasteiger partial charge in [-0.15, -0.1) is 11.3 Å². The lowest BCUT2D eigenvalue weighted by molar-refractivity contribution is 0.0702. The Morgan fingerprint density at radius 1 is 1.40 bits per heavy atom. The summed E-state index contributed by atoms with van der Waals surface area (Å²) < 4.78 is 26.9. The quantitative estimate of drug-likeness (QED) is 0.874.